The van der Waals surface area contributed by atoms with Gasteiger partial charge in [0.2, 0.25) is 0 Å². The lowest BCUT2D eigenvalue weighted by Crippen LogP contribution is -1.98. The van der Waals surface area contributed by atoms with Gasteiger partial charge in [-0.2, -0.15) is 5.92 Å². The van der Waals surface area contributed by atoms with Crippen LogP contribution in [-0.4, -0.2) is 0 Å². The van der Waals surface area contributed by atoms with E-state index in [1.165, 1.54) is 0 Å². The van der Waals surface area contributed by atoms with Gasteiger partial charge in [0, 0.05) is 0 Å². The predicted octanol–water partition coefficient (Wildman–Crippen LogP) is 2.28. The van der Waals surface area contributed by atoms with Crippen LogP contribution in [-0.2, 0) is 0 Å². The predicted molar refractivity (Wildman–Crippen MR) is 33.9 cm³/mol. The van der Waals surface area contributed by atoms with Crippen molar-refractivity contribution in [3.05, 3.63) is 19.6 Å². The van der Waals surface area contributed by atoms with Gasteiger partial charge in [0.1, 0.15) is 0 Å². The van der Waals surface area contributed by atoms with E-state index >= 15 is 0 Å². The van der Waals surface area contributed by atoms with E-state index in [9.17, 15) is 0 Å². The maximum absolute atomic E-state index is 3.84. The molecule has 2 unspecified atom stereocenters. The van der Waals surface area contributed by atoms with Crippen LogP contribution in [0.4, 0.5) is 0 Å². The molecule has 42 valence electrons. The van der Waals surface area contributed by atoms with Gasteiger partial charge in [-0.1, -0.05) is 25.8 Å². The first-order chi connectivity index (χ1) is 3.18. The second kappa shape index (κ2) is 2.84. The van der Waals surface area contributed by atoms with Gasteiger partial charge in [0.05, 0.1) is 0 Å². The molecule has 0 fully saturated rings. The molecule has 0 aromatic rings. The Kier molecular flexibility index (Phi) is 2.73. The van der Waals surface area contributed by atoms with Crippen LogP contribution in [0, 0.1) is 18.8 Å². The summed E-state index contributed by atoms with van der Waals surface area (Å²) in [5, 5.41) is 0. The van der Waals surface area contributed by atoms with Crippen molar-refractivity contribution in [2.75, 3.05) is 0 Å². The third kappa shape index (κ3) is 2.44. The van der Waals surface area contributed by atoms with Crippen LogP contribution in [0.3, 0.4) is 0 Å². The van der Waals surface area contributed by atoms with Crippen LogP contribution in [0.1, 0.15) is 13.8 Å². The maximum atomic E-state index is 3.84. The van der Waals surface area contributed by atoms with Crippen molar-refractivity contribution in [3.63, 3.8) is 0 Å². The summed E-state index contributed by atoms with van der Waals surface area (Å²) in [7, 11) is 0. The first kappa shape index (κ1) is 6.74. The summed E-state index contributed by atoms with van der Waals surface area (Å²) >= 11 is 0. The second-order valence-electron chi connectivity index (χ2n) is 2.07. The van der Waals surface area contributed by atoms with E-state index in [0.29, 0.717) is 11.8 Å². The average Bonchev–Trinajstić information content (AvgIpc) is 1.65. The molecule has 0 heterocycles. The third-order valence-corrected chi connectivity index (χ3v) is 1.27. The van der Waals surface area contributed by atoms with Crippen LogP contribution in [0.15, 0.2) is 12.7 Å². The van der Waals surface area contributed by atoms with Crippen LogP contribution in [0.5, 0.6) is 0 Å². The Morgan fingerprint density at radius 1 is 1.57 bits per heavy atom. The Bertz CT molecular complexity index is 53.1. The van der Waals surface area contributed by atoms with Gasteiger partial charge >= 0.3 is 0 Å². The molecular formula is C7H13-. The highest BCUT2D eigenvalue weighted by Crippen LogP contribution is 2.08. The molecule has 0 saturated carbocycles. The number of hydrogen-bond donors (Lipinski definition) is 0. The molecule has 0 radical (unpaired) electrons. The molecule has 0 aliphatic rings. The van der Waals surface area contributed by atoms with Gasteiger partial charge in [-0.3, -0.25) is 0 Å². The Morgan fingerprint density at radius 2 is 2.00 bits per heavy atom. The van der Waals surface area contributed by atoms with Crippen LogP contribution >= 0.6 is 0 Å². The number of allylic oxidation sites excluding steroid dienone is 1. The summed E-state index contributed by atoms with van der Waals surface area (Å²) in [6.45, 7) is 11.7. The fourth-order valence-corrected chi connectivity index (χ4v) is 0.232. The molecule has 0 aromatic carbocycles. The minimum atomic E-state index is 0.498. The fraction of sp³-hybridized carbons (Fsp3) is 0.571. The minimum Gasteiger partial charge on any atom is -0.340 e. The summed E-state index contributed by atoms with van der Waals surface area (Å²) in [5.74, 6) is 1.05. The third-order valence-electron chi connectivity index (χ3n) is 1.27. The monoisotopic (exact) mass is 97.1 g/mol. The van der Waals surface area contributed by atoms with E-state index in [1.54, 1.807) is 0 Å². The lowest BCUT2D eigenvalue weighted by molar-refractivity contribution is 0.556. The van der Waals surface area contributed by atoms with E-state index in [-0.39, 0.29) is 0 Å². The SMILES string of the molecule is C=CC(C)C([CH2-])C. The molecule has 0 heteroatoms. The zero-order chi connectivity index (χ0) is 5.86. The Hall–Kier alpha value is -0.260. The molecule has 0 rings (SSSR count). The quantitative estimate of drug-likeness (QED) is 0.366. The van der Waals surface area contributed by atoms with Gasteiger partial charge in [-0.25, -0.2) is 0 Å². The molecule has 0 nitrogen and oxygen atoms in total. The van der Waals surface area contributed by atoms with E-state index in [4.69, 9.17) is 0 Å². The van der Waals surface area contributed by atoms with E-state index in [1.807, 2.05) is 6.08 Å². The van der Waals surface area contributed by atoms with Crippen molar-refractivity contribution >= 4 is 0 Å². The van der Waals surface area contributed by atoms with Crippen molar-refractivity contribution in [1.29, 1.82) is 0 Å². The highest BCUT2D eigenvalue weighted by molar-refractivity contribution is 4.79. The summed E-state index contributed by atoms with van der Waals surface area (Å²) < 4.78 is 0. The highest BCUT2D eigenvalue weighted by Gasteiger charge is 1.91. The summed E-state index contributed by atoms with van der Waals surface area (Å²) in [6.07, 6.45) is 1.93. The fourth-order valence-electron chi connectivity index (χ4n) is 0.232. The molecule has 7 heavy (non-hydrogen) atoms. The van der Waals surface area contributed by atoms with Gasteiger partial charge < -0.3 is 6.92 Å². The first-order valence-corrected chi connectivity index (χ1v) is 2.64. The van der Waals surface area contributed by atoms with Crippen molar-refractivity contribution in [2.24, 2.45) is 11.8 Å². The minimum absolute atomic E-state index is 0.498. The smallest absolute Gasteiger partial charge is 0.0513 e. The molecule has 0 amide bonds. The Morgan fingerprint density at radius 3 is 2.00 bits per heavy atom. The van der Waals surface area contributed by atoms with Gasteiger partial charge in [0.15, 0.2) is 0 Å². The van der Waals surface area contributed by atoms with E-state index in [2.05, 4.69) is 27.4 Å². The molecule has 2 atom stereocenters. The standard InChI is InChI=1S/C7H13/c1-5-7(4)6(2)3/h5-7H,1-2H2,3-4H3/q-1. The summed E-state index contributed by atoms with van der Waals surface area (Å²) in [6, 6.07) is 0. The second-order valence-corrected chi connectivity index (χ2v) is 2.07. The van der Waals surface area contributed by atoms with Gasteiger partial charge in [-0.05, 0) is 0 Å². The molecular weight excluding hydrogens is 84.1 g/mol. The zero-order valence-corrected chi connectivity index (χ0v) is 5.15. The molecule has 0 aromatic heterocycles. The van der Waals surface area contributed by atoms with Crippen molar-refractivity contribution in [3.8, 4) is 0 Å². The molecule has 0 N–H and O–H groups in total. The molecule has 0 spiro atoms. The van der Waals surface area contributed by atoms with Crippen molar-refractivity contribution in [2.45, 2.75) is 13.8 Å². The van der Waals surface area contributed by atoms with Crippen molar-refractivity contribution in [1.82, 2.24) is 0 Å². The summed E-state index contributed by atoms with van der Waals surface area (Å²) in [5.41, 5.74) is 0. The normalized spacial score (nSPS) is 18.1. The van der Waals surface area contributed by atoms with E-state index < -0.39 is 0 Å². The molecule has 0 bridgehead atoms. The van der Waals surface area contributed by atoms with Crippen LogP contribution < -0.4 is 0 Å². The topological polar surface area (TPSA) is 0 Å². The molecule has 0 aliphatic carbocycles. The highest BCUT2D eigenvalue weighted by atomic mass is 14.0. The maximum Gasteiger partial charge on any atom is -0.0513 e. The van der Waals surface area contributed by atoms with Crippen molar-refractivity contribution < 1.29 is 0 Å². The zero-order valence-electron chi connectivity index (χ0n) is 5.15. The van der Waals surface area contributed by atoms with E-state index in [0.717, 1.165) is 0 Å². The first-order valence-electron chi connectivity index (χ1n) is 2.64. The van der Waals surface area contributed by atoms with Gasteiger partial charge in [-0.15, -0.1) is 6.58 Å². The number of hydrogen-bond acceptors (Lipinski definition) is 0. The lowest BCUT2D eigenvalue weighted by Gasteiger charge is -2.15. The Balaban J connectivity index is 3.33. The van der Waals surface area contributed by atoms with Crippen LogP contribution in [0.2, 0.25) is 0 Å². The molecule has 0 saturated heterocycles. The van der Waals surface area contributed by atoms with Gasteiger partial charge in [0.25, 0.3) is 0 Å². The lowest BCUT2D eigenvalue weighted by atomic mass is 9.99. The summed E-state index contributed by atoms with van der Waals surface area (Å²) in [4.78, 5) is 0. The number of rotatable bonds is 2. The average molecular weight is 97.2 g/mol. The van der Waals surface area contributed by atoms with Crippen LogP contribution in [0.25, 0.3) is 0 Å². The Labute approximate surface area is 46.2 Å². The molecule has 0 aliphatic heterocycles. The largest absolute Gasteiger partial charge is 0.340 e.